The summed E-state index contributed by atoms with van der Waals surface area (Å²) in [7, 11) is 0. The zero-order valence-corrected chi connectivity index (χ0v) is 12.0. The third kappa shape index (κ3) is 2.96. The van der Waals surface area contributed by atoms with Crippen LogP contribution in [0, 0.1) is 0 Å². The van der Waals surface area contributed by atoms with Crippen LogP contribution in [0.25, 0.3) is 0 Å². The first-order chi connectivity index (χ1) is 8.58. The minimum Gasteiger partial charge on any atom is -0.490 e. The van der Waals surface area contributed by atoms with Crippen LogP contribution in [-0.2, 0) is 4.79 Å². The second kappa shape index (κ2) is 5.61. The van der Waals surface area contributed by atoms with Gasteiger partial charge < -0.3 is 14.8 Å². The van der Waals surface area contributed by atoms with E-state index >= 15 is 0 Å². The fourth-order valence-electron chi connectivity index (χ4n) is 1.91. The lowest BCUT2D eigenvalue weighted by Gasteiger charge is -2.17. The van der Waals surface area contributed by atoms with Crippen LogP contribution < -0.4 is 14.8 Å². The van der Waals surface area contributed by atoms with E-state index in [2.05, 4.69) is 21.2 Å². The van der Waals surface area contributed by atoms with Gasteiger partial charge in [-0.05, 0) is 24.6 Å². The average molecular weight is 314 g/mol. The average Bonchev–Trinajstić information content (AvgIpc) is 2.51. The number of halogens is 1. The van der Waals surface area contributed by atoms with Crippen LogP contribution >= 0.6 is 15.9 Å². The van der Waals surface area contributed by atoms with Crippen molar-refractivity contribution in [3.8, 4) is 11.5 Å². The van der Waals surface area contributed by atoms with Gasteiger partial charge in [-0.3, -0.25) is 4.79 Å². The van der Waals surface area contributed by atoms with E-state index in [4.69, 9.17) is 9.47 Å². The lowest BCUT2D eigenvalue weighted by atomic mass is 10.1. The number of hydrogen-bond acceptors (Lipinski definition) is 3. The van der Waals surface area contributed by atoms with Crippen molar-refractivity contribution in [2.75, 3.05) is 13.2 Å². The first-order valence-electron chi connectivity index (χ1n) is 5.94. The molecule has 0 saturated carbocycles. The number of benzene rings is 1. The SMILES string of the molecule is CC(=O)NC(C)c1cc2c(cc1Br)OCCCO2. The summed E-state index contributed by atoms with van der Waals surface area (Å²) < 4.78 is 12.2. The van der Waals surface area contributed by atoms with Crippen LogP contribution in [-0.4, -0.2) is 19.1 Å². The van der Waals surface area contributed by atoms with Crippen LogP contribution in [0.3, 0.4) is 0 Å². The highest BCUT2D eigenvalue weighted by atomic mass is 79.9. The van der Waals surface area contributed by atoms with Crippen LogP contribution in [0.2, 0.25) is 0 Å². The summed E-state index contributed by atoms with van der Waals surface area (Å²) >= 11 is 3.50. The van der Waals surface area contributed by atoms with E-state index in [1.165, 1.54) is 6.92 Å². The molecule has 0 radical (unpaired) electrons. The predicted octanol–water partition coefficient (Wildman–Crippen LogP) is 2.81. The molecular weight excluding hydrogens is 298 g/mol. The van der Waals surface area contributed by atoms with Gasteiger partial charge in [0.1, 0.15) is 0 Å². The number of ether oxygens (including phenoxy) is 2. The van der Waals surface area contributed by atoms with E-state index in [0.717, 1.165) is 28.0 Å². The molecule has 0 bridgehead atoms. The van der Waals surface area contributed by atoms with Crippen molar-refractivity contribution in [2.45, 2.75) is 26.3 Å². The number of hydrogen-bond donors (Lipinski definition) is 1. The standard InChI is InChI=1S/C13H16BrNO3/c1-8(15-9(2)16)10-6-12-13(7-11(10)14)18-5-3-4-17-12/h6-8H,3-5H2,1-2H3,(H,15,16). The Kier molecular flexibility index (Phi) is 4.11. The predicted molar refractivity (Wildman–Crippen MR) is 72.0 cm³/mol. The second-order valence-electron chi connectivity index (χ2n) is 4.29. The monoisotopic (exact) mass is 313 g/mol. The van der Waals surface area contributed by atoms with Crippen molar-refractivity contribution in [2.24, 2.45) is 0 Å². The Morgan fingerprint density at radius 1 is 1.33 bits per heavy atom. The molecule has 0 saturated heterocycles. The molecule has 1 aliphatic rings. The lowest BCUT2D eigenvalue weighted by molar-refractivity contribution is -0.119. The molecule has 98 valence electrons. The summed E-state index contributed by atoms with van der Waals surface area (Å²) in [5, 5.41) is 2.86. The quantitative estimate of drug-likeness (QED) is 0.913. The van der Waals surface area contributed by atoms with Gasteiger partial charge in [-0.15, -0.1) is 0 Å². The van der Waals surface area contributed by atoms with Gasteiger partial charge in [-0.25, -0.2) is 0 Å². The molecule has 1 heterocycles. The zero-order chi connectivity index (χ0) is 13.1. The van der Waals surface area contributed by atoms with Crippen molar-refractivity contribution < 1.29 is 14.3 Å². The molecule has 1 aromatic carbocycles. The molecule has 4 nitrogen and oxygen atoms in total. The highest BCUT2D eigenvalue weighted by molar-refractivity contribution is 9.10. The summed E-state index contributed by atoms with van der Waals surface area (Å²) in [5.41, 5.74) is 0.981. The van der Waals surface area contributed by atoms with E-state index in [1.807, 2.05) is 19.1 Å². The summed E-state index contributed by atoms with van der Waals surface area (Å²) in [4.78, 5) is 11.1. The fourth-order valence-corrected chi connectivity index (χ4v) is 2.58. The molecule has 0 aromatic heterocycles. The first kappa shape index (κ1) is 13.2. The Balaban J connectivity index is 2.31. The number of nitrogens with one attached hydrogen (secondary N) is 1. The largest absolute Gasteiger partial charge is 0.490 e. The maximum Gasteiger partial charge on any atom is 0.217 e. The minimum atomic E-state index is -0.0750. The Labute approximate surface area is 115 Å². The summed E-state index contributed by atoms with van der Waals surface area (Å²) in [6.07, 6.45) is 0.878. The van der Waals surface area contributed by atoms with Crippen molar-refractivity contribution in [1.29, 1.82) is 0 Å². The highest BCUT2D eigenvalue weighted by Crippen LogP contribution is 2.37. The molecule has 0 fully saturated rings. The van der Waals surface area contributed by atoms with E-state index < -0.39 is 0 Å². The molecule has 1 aromatic rings. The molecule has 0 aliphatic carbocycles. The highest BCUT2D eigenvalue weighted by Gasteiger charge is 2.17. The topological polar surface area (TPSA) is 47.6 Å². The summed E-state index contributed by atoms with van der Waals surface area (Å²) in [6, 6.07) is 3.74. The van der Waals surface area contributed by atoms with Gasteiger partial charge in [0.15, 0.2) is 11.5 Å². The van der Waals surface area contributed by atoms with Crippen LogP contribution in [0.15, 0.2) is 16.6 Å². The van der Waals surface area contributed by atoms with Gasteiger partial charge in [-0.1, -0.05) is 15.9 Å². The van der Waals surface area contributed by atoms with Crippen molar-refractivity contribution in [1.82, 2.24) is 5.32 Å². The molecule has 1 atom stereocenters. The van der Waals surface area contributed by atoms with E-state index in [1.54, 1.807) is 0 Å². The molecule has 5 heteroatoms. The van der Waals surface area contributed by atoms with E-state index in [9.17, 15) is 4.79 Å². The third-order valence-corrected chi connectivity index (χ3v) is 3.44. The molecule has 18 heavy (non-hydrogen) atoms. The van der Waals surface area contributed by atoms with Crippen LogP contribution in [0.4, 0.5) is 0 Å². The molecule has 0 spiro atoms. The number of fused-ring (bicyclic) bond motifs is 1. The number of carbonyl (C=O) groups excluding carboxylic acids is 1. The van der Waals surface area contributed by atoms with Gasteiger partial charge in [0.05, 0.1) is 19.3 Å². The fraction of sp³-hybridized carbons (Fsp3) is 0.462. The van der Waals surface area contributed by atoms with Gasteiger partial charge >= 0.3 is 0 Å². The van der Waals surface area contributed by atoms with Crippen LogP contribution in [0.1, 0.15) is 31.9 Å². The van der Waals surface area contributed by atoms with E-state index in [-0.39, 0.29) is 11.9 Å². The Hall–Kier alpha value is -1.23. The maximum atomic E-state index is 11.1. The van der Waals surface area contributed by atoms with Gasteiger partial charge in [-0.2, -0.15) is 0 Å². The molecule has 2 rings (SSSR count). The Morgan fingerprint density at radius 3 is 2.56 bits per heavy atom. The molecule has 1 aliphatic heterocycles. The molecule has 1 amide bonds. The first-order valence-corrected chi connectivity index (χ1v) is 6.73. The summed E-state index contributed by atoms with van der Waals surface area (Å²) in [6.45, 7) is 4.77. The lowest BCUT2D eigenvalue weighted by Crippen LogP contribution is -2.23. The zero-order valence-electron chi connectivity index (χ0n) is 10.5. The van der Waals surface area contributed by atoms with Crippen molar-refractivity contribution in [3.63, 3.8) is 0 Å². The molecule has 1 N–H and O–H groups in total. The van der Waals surface area contributed by atoms with Crippen molar-refractivity contribution in [3.05, 3.63) is 22.2 Å². The maximum absolute atomic E-state index is 11.1. The smallest absolute Gasteiger partial charge is 0.217 e. The number of carbonyl (C=O) groups is 1. The van der Waals surface area contributed by atoms with Gasteiger partial charge in [0, 0.05) is 17.8 Å². The second-order valence-corrected chi connectivity index (χ2v) is 5.15. The summed E-state index contributed by atoms with van der Waals surface area (Å²) in [5.74, 6) is 1.43. The Morgan fingerprint density at radius 2 is 1.94 bits per heavy atom. The normalized spacial score (nSPS) is 15.7. The van der Waals surface area contributed by atoms with Crippen LogP contribution in [0.5, 0.6) is 11.5 Å². The van der Waals surface area contributed by atoms with Gasteiger partial charge in [0.25, 0.3) is 0 Å². The number of amides is 1. The van der Waals surface area contributed by atoms with Gasteiger partial charge in [0.2, 0.25) is 5.91 Å². The molecule has 1 unspecified atom stereocenters. The minimum absolute atomic E-state index is 0.0542. The van der Waals surface area contributed by atoms with E-state index in [0.29, 0.717) is 13.2 Å². The Bertz CT molecular complexity index is 462. The third-order valence-electron chi connectivity index (χ3n) is 2.75. The molecular formula is C13H16BrNO3. The van der Waals surface area contributed by atoms with Crippen molar-refractivity contribution >= 4 is 21.8 Å². The number of rotatable bonds is 2.